The molecule has 0 saturated carbocycles. The topological polar surface area (TPSA) is 116 Å². The molecule has 6 nitrogen and oxygen atoms in total. The molecule has 0 amide bonds. The third-order valence-electron chi connectivity index (χ3n) is 1.28. The molecule has 0 heterocycles. The molecule has 0 rings (SSSR count). The number of rotatable bonds is 4. The Kier molecular flexibility index (Phi) is 279. The van der Waals surface area contributed by atoms with Crippen molar-refractivity contribution in [3.05, 3.63) is 0 Å². The summed E-state index contributed by atoms with van der Waals surface area (Å²) >= 11 is 0. The maximum Gasteiger partial charge on any atom is 0.281 e. The summed E-state index contributed by atoms with van der Waals surface area (Å²) in [7, 11) is 0. The van der Waals surface area contributed by atoms with Crippen molar-refractivity contribution in [2.45, 2.75) is 52.4 Å². The SMILES string of the molecule is CCCCC#N.CCCCC#N.[C]=O.[C]=O.[C]=O.[C]=O.[W]. The molecule has 0 aromatic heterocycles. The number of nitriles is 2. The third kappa shape index (κ3) is 259. The summed E-state index contributed by atoms with van der Waals surface area (Å²) in [6.07, 6.45) is 5.81. The molecule has 7 heteroatoms. The maximum atomic E-state index is 7.95. The summed E-state index contributed by atoms with van der Waals surface area (Å²) in [6, 6.07) is 4.14. The van der Waals surface area contributed by atoms with Gasteiger partial charge in [-0.25, -0.2) is 0 Å². The van der Waals surface area contributed by atoms with Crippen molar-refractivity contribution >= 4 is 27.2 Å². The Morgan fingerprint density at radius 2 is 0.857 bits per heavy atom. The first kappa shape index (κ1) is 42.7. The zero-order valence-electron chi connectivity index (χ0n) is 12.2. The van der Waals surface area contributed by atoms with Crippen LogP contribution in [-0.2, 0) is 40.2 Å². The number of hydrogen-bond acceptors (Lipinski definition) is 6. The molecule has 8 radical (unpaired) electrons. The van der Waals surface area contributed by atoms with Gasteiger partial charge in [-0.2, -0.15) is 10.5 Å². The fourth-order valence-electron chi connectivity index (χ4n) is 0.512. The fourth-order valence-corrected chi connectivity index (χ4v) is 0.512. The Hall–Kier alpha value is -1.65. The Labute approximate surface area is 142 Å². The van der Waals surface area contributed by atoms with Crippen LogP contribution >= 0.6 is 0 Å². The zero-order valence-corrected chi connectivity index (χ0v) is 15.1. The van der Waals surface area contributed by atoms with Gasteiger partial charge in [0.1, 0.15) is 0 Å². The van der Waals surface area contributed by atoms with E-state index in [0.29, 0.717) is 0 Å². The molecule has 0 bridgehead atoms. The quantitative estimate of drug-likeness (QED) is 0.589. The van der Waals surface area contributed by atoms with Crippen molar-refractivity contribution in [1.82, 2.24) is 0 Å². The Balaban J connectivity index is -0.0000000246. The van der Waals surface area contributed by atoms with Crippen molar-refractivity contribution in [3.63, 3.8) is 0 Å². The van der Waals surface area contributed by atoms with E-state index in [1.165, 1.54) is 0 Å². The molecule has 0 unspecified atom stereocenters. The zero-order chi connectivity index (χ0) is 17.7. The normalized spacial score (nSPS) is 4.95. The van der Waals surface area contributed by atoms with Crippen LogP contribution in [0.5, 0.6) is 0 Å². The molecule has 0 aromatic carbocycles. The molecule has 0 N–H and O–H groups in total. The van der Waals surface area contributed by atoms with Gasteiger partial charge >= 0.3 is 0 Å². The van der Waals surface area contributed by atoms with Gasteiger partial charge in [-0.15, -0.1) is 0 Å². The van der Waals surface area contributed by atoms with Gasteiger partial charge in [-0.1, -0.05) is 26.7 Å². The molecule has 114 valence electrons. The standard InChI is InChI=1S/2C5H9N.4CO.W/c2*1-2-3-4-5-6;4*1-2;/h2*2-4H2,1H3;;;;;. The largest absolute Gasteiger partial charge is 0.281 e. The van der Waals surface area contributed by atoms with Gasteiger partial charge < -0.3 is 0 Å². The van der Waals surface area contributed by atoms with Crippen LogP contribution in [0.4, 0.5) is 0 Å². The van der Waals surface area contributed by atoms with Crippen LogP contribution in [0, 0.1) is 22.7 Å². The first-order valence-electron chi connectivity index (χ1n) is 5.39. The molecule has 0 atom stereocenters. The predicted molar refractivity (Wildman–Crippen MR) is 73.1 cm³/mol. The fraction of sp³-hybridized carbons (Fsp3) is 0.571. The monoisotopic (exact) mass is 462 g/mol. The summed E-state index contributed by atoms with van der Waals surface area (Å²) in [6.45, 7) is 22.2. The van der Waals surface area contributed by atoms with E-state index < -0.39 is 0 Å². The second kappa shape index (κ2) is 137. The van der Waals surface area contributed by atoms with E-state index in [-0.39, 0.29) is 21.1 Å². The van der Waals surface area contributed by atoms with Gasteiger partial charge in [0, 0.05) is 33.9 Å². The smallest absolute Gasteiger partial charge is 0.281 e. The minimum atomic E-state index is 0. The predicted octanol–water partition coefficient (Wildman–Crippen LogP) is 1.81. The van der Waals surface area contributed by atoms with Crippen molar-refractivity contribution < 1.29 is 40.2 Å². The van der Waals surface area contributed by atoms with Gasteiger partial charge in [0.25, 0.3) is 27.2 Å². The van der Waals surface area contributed by atoms with Crippen LogP contribution in [0.3, 0.4) is 0 Å². The Morgan fingerprint density at radius 3 is 0.905 bits per heavy atom. The van der Waals surface area contributed by atoms with Gasteiger partial charge in [0.15, 0.2) is 0 Å². The molecular formula is C14H18N2O4W. The first-order chi connectivity index (χ1) is 9.83. The molecule has 0 aromatic rings. The average molecular weight is 462 g/mol. The van der Waals surface area contributed by atoms with E-state index in [9.17, 15) is 0 Å². The molecule has 0 fully saturated rings. The molecule has 0 aliphatic rings. The molecule has 0 aliphatic heterocycles. The summed E-state index contributed by atoms with van der Waals surface area (Å²) < 4.78 is 0. The summed E-state index contributed by atoms with van der Waals surface area (Å²) in [5, 5.41) is 15.9. The second-order valence-electron chi connectivity index (χ2n) is 2.52. The van der Waals surface area contributed by atoms with E-state index >= 15 is 0 Å². The van der Waals surface area contributed by atoms with Crippen molar-refractivity contribution in [2.75, 3.05) is 0 Å². The van der Waals surface area contributed by atoms with Gasteiger partial charge in [0.05, 0.1) is 12.1 Å². The number of carbonyl (C=O) groups excluding carboxylic acids is 4. The Morgan fingerprint density at radius 1 is 0.667 bits per heavy atom. The van der Waals surface area contributed by atoms with E-state index in [1.807, 2.05) is 0 Å². The van der Waals surface area contributed by atoms with E-state index in [4.69, 9.17) is 29.7 Å². The first-order valence-corrected chi connectivity index (χ1v) is 5.39. The summed E-state index contributed by atoms with van der Waals surface area (Å²) in [5.74, 6) is 0. The molecule has 21 heavy (non-hydrogen) atoms. The van der Waals surface area contributed by atoms with Crippen molar-refractivity contribution in [2.24, 2.45) is 0 Å². The van der Waals surface area contributed by atoms with Gasteiger partial charge in [-0.05, 0) is 12.8 Å². The van der Waals surface area contributed by atoms with Crippen LogP contribution in [-0.4, -0.2) is 27.2 Å². The van der Waals surface area contributed by atoms with E-state index in [1.54, 1.807) is 0 Å². The molecular weight excluding hydrogens is 444 g/mol. The van der Waals surface area contributed by atoms with Crippen LogP contribution in [0.2, 0.25) is 0 Å². The molecule has 0 aliphatic carbocycles. The van der Waals surface area contributed by atoms with Crippen molar-refractivity contribution in [3.8, 4) is 12.1 Å². The minimum absolute atomic E-state index is 0. The average Bonchev–Trinajstić information content (AvgIpc) is 2.59. The van der Waals surface area contributed by atoms with Crippen molar-refractivity contribution in [1.29, 1.82) is 10.5 Å². The van der Waals surface area contributed by atoms with Crippen LogP contribution in [0.25, 0.3) is 0 Å². The van der Waals surface area contributed by atoms with Crippen LogP contribution < -0.4 is 0 Å². The van der Waals surface area contributed by atoms with E-state index in [0.717, 1.165) is 38.5 Å². The van der Waals surface area contributed by atoms with Gasteiger partial charge in [0.2, 0.25) is 0 Å². The van der Waals surface area contributed by atoms with Crippen LogP contribution in [0.15, 0.2) is 0 Å². The van der Waals surface area contributed by atoms with E-state index in [2.05, 4.69) is 53.1 Å². The second-order valence-corrected chi connectivity index (χ2v) is 2.52. The number of unbranched alkanes of at least 4 members (excludes halogenated alkanes) is 4. The maximum absolute atomic E-state index is 7.95. The van der Waals surface area contributed by atoms with Crippen LogP contribution in [0.1, 0.15) is 52.4 Å². The number of hydrogen-bond donors (Lipinski definition) is 0. The minimum Gasteiger partial charge on any atom is -0.281 e. The Bertz CT molecular complexity index is 180. The molecule has 0 saturated heterocycles. The third-order valence-corrected chi connectivity index (χ3v) is 1.28. The summed E-state index contributed by atoms with van der Waals surface area (Å²) in [5.41, 5.74) is 0. The summed E-state index contributed by atoms with van der Waals surface area (Å²) in [4.78, 5) is 30.0. The number of nitrogens with zero attached hydrogens (tertiary/aromatic N) is 2. The molecule has 0 spiro atoms. The van der Waals surface area contributed by atoms with Gasteiger partial charge in [-0.3, -0.25) is 19.2 Å².